The molecule has 2 aromatic rings. The Morgan fingerprint density at radius 2 is 2.10 bits per heavy atom. The monoisotopic (exact) mass is 467 g/mol. The maximum Gasteiger partial charge on any atom is 0.365 e. The number of hydrogen-bond acceptors (Lipinski definition) is 11. The van der Waals surface area contributed by atoms with Crippen molar-refractivity contribution in [1.29, 1.82) is 0 Å². The topological polar surface area (TPSA) is 212 Å². The summed E-state index contributed by atoms with van der Waals surface area (Å²) in [7, 11) is -5.02. The van der Waals surface area contributed by atoms with Crippen LogP contribution in [0.3, 0.4) is 0 Å². The fourth-order valence-corrected chi connectivity index (χ4v) is 3.70. The van der Waals surface area contributed by atoms with E-state index in [4.69, 9.17) is 26.8 Å². The molecular weight excluding hydrogens is 449 g/mol. The van der Waals surface area contributed by atoms with E-state index in [1.807, 2.05) is 0 Å². The first-order valence-electron chi connectivity index (χ1n) is 8.55. The van der Waals surface area contributed by atoms with E-state index in [2.05, 4.69) is 19.7 Å². The maximum absolute atomic E-state index is 11.8. The van der Waals surface area contributed by atoms with Gasteiger partial charge in [0.2, 0.25) is 5.28 Å². The number of fused-ring (bicyclic) bond motifs is 1. The van der Waals surface area contributed by atoms with E-state index in [0.29, 0.717) is 0 Å². The first-order chi connectivity index (χ1) is 14.0. The molecule has 3 rings (SSSR count). The molecule has 0 aliphatic carbocycles. The zero-order valence-corrected chi connectivity index (χ0v) is 17.1. The Labute approximate surface area is 173 Å². The Morgan fingerprint density at radius 1 is 1.40 bits per heavy atom. The molecule has 30 heavy (non-hydrogen) atoms. The molecule has 166 valence electrons. The Balaban J connectivity index is 1.79. The second-order valence-electron chi connectivity index (χ2n) is 6.28. The van der Waals surface area contributed by atoms with Gasteiger partial charge in [-0.1, -0.05) is 0 Å². The Bertz CT molecular complexity index is 984. The SMILES string of the molecule is CCOC(=O)[C@H](OC[C@H]1O[C@@H](n2cnc3c(N)nc(Cl)nc32)[C@H](O)[C@@H]1O)P(=O)(O)O. The molecule has 0 amide bonds. The number of aliphatic hydroxyl groups is 2. The second kappa shape index (κ2) is 8.69. The molecular formula is C14H19ClN5O9P. The molecule has 0 aromatic carbocycles. The second-order valence-corrected chi connectivity index (χ2v) is 8.26. The molecule has 0 radical (unpaired) electrons. The third kappa shape index (κ3) is 4.40. The highest BCUT2D eigenvalue weighted by Crippen LogP contribution is 2.43. The lowest BCUT2D eigenvalue weighted by atomic mass is 10.1. The number of carbonyl (C=O) groups is 1. The normalized spacial score (nSPS) is 25.5. The van der Waals surface area contributed by atoms with Crippen molar-refractivity contribution in [1.82, 2.24) is 19.5 Å². The summed E-state index contributed by atoms with van der Waals surface area (Å²) in [5.74, 6) is -3.47. The van der Waals surface area contributed by atoms with Crippen molar-refractivity contribution in [2.45, 2.75) is 37.3 Å². The van der Waals surface area contributed by atoms with Gasteiger partial charge in [0.15, 0.2) is 17.7 Å². The number of aromatic nitrogens is 4. The Kier molecular flexibility index (Phi) is 6.60. The van der Waals surface area contributed by atoms with Gasteiger partial charge < -0.3 is 39.9 Å². The molecule has 0 spiro atoms. The molecule has 14 nitrogen and oxygen atoms in total. The summed E-state index contributed by atoms with van der Waals surface area (Å²) in [5.41, 5.74) is 6.05. The summed E-state index contributed by atoms with van der Waals surface area (Å²) in [6, 6.07) is 0. The molecule has 16 heteroatoms. The molecule has 0 bridgehead atoms. The van der Waals surface area contributed by atoms with Gasteiger partial charge in [-0.05, 0) is 18.5 Å². The van der Waals surface area contributed by atoms with Crippen LogP contribution < -0.4 is 5.73 Å². The highest BCUT2D eigenvalue weighted by atomic mass is 35.5. The number of halogens is 1. The smallest absolute Gasteiger partial charge is 0.365 e. The van der Waals surface area contributed by atoms with E-state index < -0.39 is 50.6 Å². The summed E-state index contributed by atoms with van der Waals surface area (Å²) in [4.78, 5) is 42.2. The molecule has 3 heterocycles. The molecule has 1 aliphatic heterocycles. The summed E-state index contributed by atoms with van der Waals surface area (Å²) in [6.07, 6.45) is -4.24. The number of anilines is 1. The van der Waals surface area contributed by atoms with Crippen molar-refractivity contribution < 1.29 is 43.6 Å². The van der Waals surface area contributed by atoms with Gasteiger partial charge in [-0.3, -0.25) is 9.13 Å². The fourth-order valence-electron chi connectivity index (χ4n) is 2.90. The van der Waals surface area contributed by atoms with Gasteiger partial charge in [0, 0.05) is 0 Å². The van der Waals surface area contributed by atoms with Crippen molar-refractivity contribution in [2.75, 3.05) is 18.9 Å². The number of carbonyl (C=O) groups excluding carboxylic acids is 1. The standard InChI is InChI=1S/C14H19ClN5O9P/c1-2-27-12(23)13(30(24,25)26)28-3-5-7(21)8(22)11(29-5)20-4-17-6-9(16)18-14(15)19-10(6)20/h4-5,7-8,11,13,21-22H,2-3H2,1H3,(H2,16,18,19)(H2,24,25,26)/t5-,7-,8-,11-,13-/m1/s1. The molecule has 6 N–H and O–H groups in total. The van der Waals surface area contributed by atoms with Crippen LogP contribution in [-0.2, 0) is 23.6 Å². The molecule has 1 saturated heterocycles. The van der Waals surface area contributed by atoms with Crippen molar-refractivity contribution >= 4 is 42.1 Å². The predicted molar refractivity (Wildman–Crippen MR) is 99.1 cm³/mol. The number of ether oxygens (including phenoxy) is 3. The van der Waals surface area contributed by atoms with Crippen LogP contribution in [0.15, 0.2) is 6.33 Å². The van der Waals surface area contributed by atoms with Crippen LogP contribution in [0.5, 0.6) is 0 Å². The molecule has 1 fully saturated rings. The molecule has 5 atom stereocenters. The predicted octanol–water partition coefficient (Wildman–Crippen LogP) is -1.24. The zero-order chi connectivity index (χ0) is 22.2. The maximum atomic E-state index is 11.8. The van der Waals surface area contributed by atoms with E-state index >= 15 is 0 Å². The number of hydrogen-bond donors (Lipinski definition) is 5. The van der Waals surface area contributed by atoms with Gasteiger partial charge in [-0.2, -0.15) is 9.97 Å². The van der Waals surface area contributed by atoms with Crippen molar-refractivity contribution in [2.24, 2.45) is 0 Å². The van der Waals surface area contributed by atoms with Crippen LogP contribution in [0.4, 0.5) is 5.82 Å². The van der Waals surface area contributed by atoms with Crippen LogP contribution in [0.25, 0.3) is 11.2 Å². The Hall–Kier alpha value is -1.90. The lowest BCUT2D eigenvalue weighted by Crippen LogP contribution is -2.36. The average molecular weight is 468 g/mol. The largest absolute Gasteiger partial charge is 0.464 e. The van der Waals surface area contributed by atoms with E-state index in [-0.39, 0.29) is 28.9 Å². The number of esters is 1. The zero-order valence-electron chi connectivity index (χ0n) is 15.4. The number of nitrogen functional groups attached to an aromatic ring is 1. The van der Waals surface area contributed by atoms with Gasteiger partial charge in [0.25, 0.3) is 5.85 Å². The van der Waals surface area contributed by atoms with E-state index in [9.17, 15) is 29.4 Å². The van der Waals surface area contributed by atoms with Gasteiger partial charge in [0.05, 0.1) is 19.5 Å². The van der Waals surface area contributed by atoms with E-state index in [1.54, 1.807) is 0 Å². The van der Waals surface area contributed by atoms with Gasteiger partial charge >= 0.3 is 13.6 Å². The summed E-state index contributed by atoms with van der Waals surface area (Å²) < 4.78 is 27.9. The first-order valence-corrected chi connectivity index (χ1v) is 10.6. The van der Waals surface area contributed by atoms with Crippen molar-refractivity contribution in [3.05, 3.63) is 11.6 Å². The summed E-state index contributed by atoms with van der Waals surface area (Å²) in [5, 5.41) is 20.5. The molecule has 2 aromatic heterocycles. The summed E-state index contributed by atoms with van der Waals surface area (Å²) >= 11 is 5.80. The third-order valence-electron chi connectivity index (χ3n) is 4.24. The van der Waals surface area contributed by atoms with Crippen LogP contribution in [0, 0.1) is 0 Å². The van der Waals surface area contributed by atoms with Crippen molar-refractivity contribution in [3.8, 4) is 0 Å². The number of nitrogens with zero attached hydrogens (tertiary/aromatic N) is 4. The minimum atomic E-state index is -5.02. The first kappa shape index (κ1) is 22.8. The quantitative estimate of drug-likeness (QED) is 0.183. The number of aliphatic hydroxyl groups excluding tert-OH is 2. The van der Waals surface area contributed by atoms with Crippen molar-refractivity contribution in [3.63, 3.8) is 0 Å². The van der Waals surface area contributed by atoms with Crippen LogP contribution >= 0.6 is 19.2 Å². The van der Waals surface area contributed by atoms with Gasteiger partial charge in [-0.15, -0.1) is 0 Å². The highest BCUT2D eigenvalue weighted by Gasteiger charge is 2.46. The van der Waals surface area contributed by atoms with Crippen LogP contribution in [-0.4, -0.2) is 82.9 Å². The van der Waals surface area contributed by atoms with E-state index in [0.717, 1.165) is 0 Å². The average Bonchev–Trinajstić information content (AvgIpc) is 3.17. The van der Waals surface area contributed by atoms with Crippen LogP contribution in [0.1, 0.15) is 13.2 Å². The summed E-state index contributed by atoms with van der Waals surface area (Å²) in [6.45, 7) is 0.703. The minimum Gasteiger partial charge on any atom is -0.464 e. The van der Waals surface area contributed by atoms with Gasteiger partial charge in [-0.25, -0.2) is 9.78 Å². The van der Waals surface area contributed by atoms with E-state index in [1.165, 1.54) is 17.8 Å². The third-order valence-corrected chi connectivity index (χ3v) is 5.38. The number of nitrogens with two attached hydrogens (primary N) is 1. The minimum absolute atomic E-state index is 0.00408. The number of rotatable bonds is 7. The lowest BCUT2D eigenvalue weighted by molar-refractivity contribution is -0.155. The highest BCUT2D eigenvalue weighted by molar-refractivity contribution is 7.53. The Morgan fingerprint density at radius 3 is 2.73 bits per heavy atom. The fraction of sp³-hybridized carbons (Fsp3) is 0.571. The molecule has 1 aliphatic rings. The van der Waals surface area contributed by atoms with Crippen LogP contribution in [0.2, 0.25) is 5.28 Å². The molecule has 0 saturated carbocycles. The number of imidazole rings is 1. The lowest BCUT2D eigenvalue weighted by Gasteiger charge is -2.20. The molecule has 0 unspecified atom stereocenters. The van der Waals surface area contributed by atoms with Gasteiger partial charge in [0.1, 0.15) is 23.8 Å².